The van der Waals surface area contributed by atoms with Gasteiger partial charge in [0.25, 0.3) is 0 Å². The Morgan fingerprint density at radius 1 is 1.03 bits per heavy atom. The van der Waals surface area contributed by atoms with Crippen molar-refractivity contribution in [3.63, 3.8) is 0 Å². The lowest BCUT2D eigenvalue weighted by Crippen LogP contribution is -2.55. The van der Waals surface area contributed by atoms with E-state index in [9.17, 15) is 16.8 Å². The molecule has 170 valence electrons. The lowest BCUT2D eigenvalue weighted by atomic mass is 9.69. The maximum Gasteiger partial charge on any atom is 0.240 e. The van der Waals surface area contributed by atoms with Gasteiger partial charge in [0.2, 0.25) is 20.0 Å². The molecule has 0 saturated heterocycles. The van der Waals surface area contributed by atoms with Crippen molar-refractivity contribution in [2.75, 3.05) is 5.75 Å². The van der Waals surface area contributed by atoms with Crippen LogP contribution in [0.2, 0.25) is 0 Å². The van der Waals surface area contributed by atoms with E-state index in [2.05, 4.69) is 18.6 Å². The van der Waals surface area contributed by atoms with E-state index in [4.69, 9.17) is 0 Å². The van der Waals surface area contributed by atoms with E-state index in [-0.39, 0.29) is 28.1 Å². The second-order valence-electron chi connectivity index (χ2n) is 10.1. The van der Waals surface area contributed by atoms with E-state index >= 15 is 0 Å². The van der Waals surface area contributed by atoms with Crippen molar-refractivity contribution < 1.29 is 16.8 Å². The number of benzene rings is 1. The normalized spacial score (nSPS) is 28.7. The van der Waals surface area contributed by atoms with Crippen LogP contribution in [-0.4, -0.2) is 45.0 Å². The number of nitrogens with zero attached hydrogens (tertiary/aromatic N) is 1. The van der Waals surface area contributed by atoms with Crippen molar-refractivity contribution in [3.8, 4) is 0 Å². The molecule has 2 aliphatic rings. The van der Waals surface area contributed by atoms with Crippen molar-refractivity contribution in [1.29, 1.82) is 0 Å². The summed E-state index contributed by atoms with van der Waals surface area (Å²) in [5.41, 5.74) is -0.885. The van der Waals surface area contributed by atoms with Gasteiger partial charge in [-0.2, -0.15) is 4.31 Å². The molecule has 2 bridgehead atoms. The third kappa shape index (κ3) is 3.85. The van der Waals surface area contributed by atoms with Gasteiger partial charge >= 0.3 is 0 Å². The van der Waals surface area contributed by atoms with Crippen LogP contribution in [0.5, 0.6) is 0 Å². The van der Waals surface area contributed by atoms with E-state index in [0.717, 1.165) is 12.8 Å². The van der Waals surface area contributed by atoms with Gasteiger partial charge in [0.15, 0.2) is 0 Å². The summed E-state index contributed by atoms with van der Waals surface area (Å²) in [4.78, 5) is 0.217. The summed E-state index contributed by atoms with van der Waals surface area (Å²) in [6, 6.07) is 7.63. The first kappa shape index (κ1) is 23.7. The van der Waals surface area contributed by atoms with Gasteiger partial charge in [-0.25, -0.2) is 21.6 Å². The standard InChI is InChI=1S/C22H36N2O4S2/c1-16(2)24(17(3)4)29(25,26)15-22-13-12-18(21(22,5)6)14-20(22)23-30(27,28)19-10-8-7-9-11-19/h7-11,16-18,20,23H,12-15H2,1-6H3/t18-,20-,22-/m1/s1. The van der Waals surface area contributed by atoms with Gasteiger partial charge in [-0.05, 0) is 70.4 Å². The van der Waals surface area contributed by atoms with Crippen LogP contribution in [0.15, 0.2) is 35.2 Å². The van der Waals surface area contributed by atoms with Crippen LogP contribution in [0, 0.1) is 16.7 Å². The number of hydrogen-bond donors (Lipinski definition) is 1. The molecule has 0 aliphatic heterocycles. The average Bonchev–Trinajstić information content (AvgIpc) is 2.95. The molecule has 0 heterocycles. The third-order valence-electron chi connectivity index (χ3n) is 7.56. The van der Waals surface area contributed by atoms with Gasteiger partial charge in [-0.15, -0.1) is 0 Å². The lowest BCUT2D eigenvalue weighted by Gasteiger charge is -2.44. The van der Waals surface area contributed by atoms with Crippen molar-refractivity contribution in [2.24, 2.45) is 16.7 Å². The maximum absolute atomic E-state index is 13.6. The fraction of sp³-hybridized carbons (Fsp3) is 0.727. The number of sulfonamides is 2. The van der Waals surface area contributed by atoms with Gasteiger partial charge in [0, 0.05) is 23.5 Å². The molecule has 1 aromatic carbocycles. The predicted octanol–water partition coefficient (Wildman–Crippen LogP) is 3.61. The molecule has 0 unspecified atom stereocenters. The molecule has 0 spiro atoms. The molecule has 0 amide bonds. The Morgan fingerprint density at radius 3 is 2.10 bits per heavy atom. The summed E-state index contributed by atoms with van der Waals surface area (Å²) in [5.74, 6) is 0.282. The van der Waals surface area contributed by atoms with Gasteiger partial charge in [0.05, 0.1) is 10.6 Å². The SMILES string of the molecule is CC(C)N(C(C)C)S(=O)(=O)C[C@]12CC[C@H](C[C@H]1NS(=O)(=O)c1ccccc1)C2(C)C. The van der Waals surface area contributed by atoms with Gasteiger partial charge in [-0.1, -0.05) is 32.0 Å². The minimum Gasteiger partial charge on any atom is -0.212 e. The highest BCUT2D eigenvalue weighted by molar-refractivity contribution is 7.89. The zero-order valence-corrected chi connectivity index (χ0v) is 20.6. The highest BCUT2D eigenvalue weighted by Gasteiger charge is 2.66. The molecule has 1 aromatic rings. The van der Waals surface area contributed by atoms with Crippen LogP contribution in [0.4, 0.5) is 0 Å². The Balaban J connectivity index is 1.99. The van der Waals surface area contributed by atoms with Crippen LogP contribution in [0.3, 0.4) is 0 Å². The molecule has 0 aromatic heterocycles. The Hall–Kier alpha value is -0.960. The fourth-order valence-electron chi connectivity index (χ4n) is 6.08. The Kier molecular flexibility index (Phi) is 6.22. The molecular weight excluding hydrogens is 420 g/mol. The number of nitrogens with one attached hydrogen (secondary N) is 1. The molecule has 30 heavy (non-hydrogen) atoms. The second kappa shape index (κ2) is 7.87. The number of rotatable bonds is 8. The molecule has 0 radical (unpaired) electrons. The zero-order valence-electron chi connectivity index (χ0n) is 18.9. The van der Waals surface area contributed by atoms with Crippen LogP contribution >= 0.6 is 0 Å². The van der Waals surface area contributed by atoms with Crippen molar-refractivity contribution >= 4 is 20.0 Å². The van der Waals surface area contributed by atoms with E-state index in [1.54, 1.807) is 34.6 Å². The molecule has 2 saturated carbocycles. The predicted molar refractivity (Wildman–Crippen MR) is 120 cm³/mol. The van der Waals surface area contributed by atoms with E-state index in [0.29, 0.717) is 12.3 Å². The smallest absolute Gasteiger partial charge is 0.212 e. The van der Waals surface area contributed by atoms with E-state index < -0.39 is 31.5 Å². The second-order valence-corrected chi connectivity index (χ2v) is 13.7. The molecule has 6 nitrogen and oxygen atoms in total. The van der Waals surface area contributed by atoms with Crippen LogP contribution in [-0.2, 0) is 20.0 Å². The Bertz CT molecular complexity index is 964. The minimum atomic E-state index is -3.72. The van der Waals surface area contributed by atoms with E-state index in [1.807, 2.05) is 27.7 Å². The summed E-state index contributed by atoms with van der Waals surface area (Å²) in [6.07, 6.45) is 2.34. The molecular formula is C22H36N2O4S2. The summed E-state index contributed by atoms with van der Waals surface area (Å²) >= 11 is 0. The third-order valence-corrected chi connectivity index (χ3v) is 11.4. The fourth-order valence-corrected chi connectivity index (χ4v) is 10.2. The first-order chi connectivity index (χ1) is 13.7. The van der Waals surface area contributed by atoms with Gasteiger partial charge in [-0.3, -0.25) is 0 Å². The summed E-state index contributed by atoms with van der Waals surface area (Å²) in [5, 5.41) is 0. The number of fused-ring (bicyclic) bond motifs is 2. The first-order valence-electron chi connectivity index (χ1n) is 10.8. The van der Waals surface area contributed by atoms with Crippen LogP contribution in [0.1, 0.15) is 60.8 Å². The van der Waals surface area contributed by atoms with Crippen molar-refractivity contribution in [3.05, 3.63) is 30.3 Å². The molecule has 2 aliphatic carbocycles. The largest absolute Gasteiger partial charge is 0.240 e. The Morgan fingerprint density at radius 2 is 1.60 bits per heavy atom. The molecule has 2 fully saturated rings. The van der Waals surface area contributed by atoms with E-state index in [1.165, 1.54) is 0 Å². The lowest BCUT2D eigenvalue weighted by molar-refractivity contribution is 0.130. The monoisotopic (exact) mass is 456 g/mol. The minimum absolute atomic E-state index is 0.0260. The highest BCUT2D eigenvalue weighted by atomic mass is 32.2. The quantitative estimate of drug-likeness (QED) is 0.648. The number of hydrogen-bond acceptors (Lipinski definition) is 4. The van der Waals surface area contributed by atoms with Gasteiger partial charge in [0.1, 0.15) is 0 Å². The molecule has 1 N–H and O–H groups in total. The molecule has 3 rings (SSSR count). The van der Waals surface area contributed by atoms with Gasteiger partial charge < -0.3 is 0 Å². The summed E-state index contributed by atoms with van der Waals surface area (Å²) < 4.78 is 57.7. The first-order valence-corrected chi connectivity index (χ1v) is 13.9. The zero-order chi connectivity index (χ0) is 22.5. The van der Waals surface area contributed by atoms with Crippen LogP contribution in [0.25, 0.3) is 0 Å². The molecule has 8 heteroatoms. The molecule has 3 atom stereocenters. The highest BCUT2D eigenvalue weighted by Crippen LogP contribution is 2.66. The maximum atomic E-state index is 13.6. The summed E-state index contributed by atoms with van der Waals surface area (Å²) in [7, 11) is -7.30. The summed E-state index contributed by atoms with van der Waals surface area (Å²) in [6.45, 7) is 11.8. The topological polar surface area (TPSA) is 83.6 Å². The van der Waals surface area contributed by atoms with Crippen LogP contribution < -0.4 is 4.72 Å². The Labute approximate surface area is 182 Å². The van der Waals surface area contributed by atoms with Crippen molar-refractivity contribution in [2.45, 2.75) is 83.8 Å². The van der Waals surface area contributed by atoms with Crippen molar-refractivity contribution in [1.82, 2.24) is 9.03 Å². The average molecular weight is 457 g/mol.